The molecule has 0 aliphatic rings. The molecular weight excluding hydrogens is 144 g/mol. The average Bonchev–Trinajstić information content (AvgIpc) is 1.97. The van der Waals surface area contributed by atoms with E-state index in [0.29, 0.717) is 6.42 Å². The molecule has 0 saturated heterocycles. The van der Waals surface area contributed by atoms with Crippen molar-refractivity contribution in [3.63, 3.8) is 0 Å². The van der Waals surface area contributed by atoms with Crippen LogP contribution in [0.1, 0.15) is 32.6 Å². The van der Waals surface area contributed by atoms with Gasteiger partial charge in [-0.1, -0.05) is 24.9 Å². The van der Waals surface area contributed by atoms with E-state index in [1.54, 1.807) is 0 Å². The summed E-state index contributed by atoms with van der Waals surface area (Å²) in [5.74, 6) is -0.886. The topological polar surface area (TPSA) is 73.5 Å². The Bertz CT molecular complexity index is 155. The number of rotatable bonds is 5. The smallest absolute Gasteiger partial charge is 0.287 e. The van der Waals surface area contributed by atoms with E-state index in [1.165, 1.54) is 0 Å². The van der Waals surface area contributed by atoms with E-state index in [2.05, 4.69) is 5.16 Å². The largest absolute Gasteiger partial charge is 0.410 e. The van der Waals surface area contributed by atoms with Crippen molar-refractivity contribution in [2.24, 2.45) is 5.16 Å². The Morgan fingerprint density at radius 1 is 1.55 bits per heavy atom. The number of nitrogens with zero attached hydrogens (tertiary/aromatic N) is 1. The number of carbonyl (C=O) groups is 1. The summed E-state index contributed by atoms with van der Waals surface area (Å²) in [5, 5.41) is 11.0. The van der Waals surface area contributed by atoms with Gasteiger partial charge in [0.05, 0.1) is 0 Å². The Morgan fingerprint density at radius 2 is 2.18 bits per heavy atom. The van der Waals surface area contributed by atoms with E-state index >= 15 is 0 Å². The summed E-state index contributed by atoms with van der Waals surface area (Å²) >= 11 is 0. The Balaban J connectivity index is 3.63. The van der Waals surface area contributed by atoms with Crippen molar-refractivity contribution in [2.75, 3.05) is 0 Å². The maximum absolute atomic E-state index is 10.3. The molecule has 0 aliphatic heterocycles. The standard InChI is InChI=1S/C7H13N2O2/c1-2-3-4-5-6(9-11)7(8)10/h8,11H,2-5H2,1H3/b9-6-. The highest BCUT2D eigenvalue weighted by Gasteiger charge is 2.06. The molecular formula is C7H13N2O2. The minimum absolute atomic E-state index is 0.0431. The molecule has 1 amide bonds. The summed E-state index contributed by atoms with van der Waals surface area (Å²) in [5.41, 5.74) is 6.60. The zero-order valence-electron chi connectivity index (χ0n) is 6.63. The fourth-order valence-electron chi connectivity index (χ4n) is 0.751. The normalized spacial score (nSPS) is 11.5. The lowest BCUT2D eigenvalue weighted by atomic mass is 10.1. The van der Waals surface area contributed by atoms with Crippen LogP contribution >= 0.6 is 0 Å². The van der Waals surface area contributed by atoms with Gasteiger partial charge < -0.3 is 5.21 Å². The van der Waals surface area contributed by atoms with E-state index in [0.717, 1.165) is 19.3 Å². The molecule has 4 nitrogen and oxygen atoms in total. The van der Waals surface area contributed by atoms with Crippen LogP contribution < -0.4 is 5.73 Å². The molecule has 0 fully saturated rings. The molecule has 0 rings (SSSR count). The van der Waals surface area contributed by atoms with Crippen molar-refractivity contribution in [2.45, 2.75) is 32.6 Å². The number of hydrogen-bond acceptors (Lipinski definition) is 3. The molecule has 0 aliphatic carbocycles. The number of carbonyl (C=O) groups excluding carboxylic acids is 1. The van der Waals surface area contributed by atoms with Crippen LogP contribution in [0.25, 0.3) is 0 Å². The summed E-state index contributed by atoms with van der Waals surface area (Å²) < 4.78 is 0. The monoisotopic (exact) mass is 157 g/mol. The van der Waals surface area contributed by atoms with Crippen LogP contribution in [0.2, 0.25) is 0 Å². The zero-order chi connectivity index (χ0) is 8.69. The Labute approximate surface area is 66.1 Å². The minimum Gasteiger partial charge on any atom is -0.410 e. The molecule has 0 aromatic heterocycles. The molecule has 0 saturated carbocycles. The van der Waals surface area contributed by atoms with Crippen molar-refractivity contribution < 1.29 is 10.0 Å². The maximum Gasteiger partial charge on any atom is 0.287 e. The van der Waals surface area contributed by atoms with Gasteiger partial charge in [0.25, 0.3) is 5.91 Å². The molecule has 0 bridgehead atoms. The van der Waals surface area contributed by atoms with Crippen LogP contribution in [0.4, 0.5) is 0 Å². The van der Waals surface area contributed by atoms with Gasteiger partial charge in [0, 0.05) is 0 Å². The summed E-state index contributed by atoms with van der Waals surface area (Å²) in [4.78, 5) is 10.3. The van der Waals surface area contributed by atoms with E-state index in [9.17, 15) is 4.79 Å². The maximum atomic E-state index is 10.3. The predicted octanol–water partition coefficient (Wildman–Crippen LogP) is 1.21. The molecule has 1 radical (unpaired) electrons. The van der Waals surface area contributed by atoms with Crippen LogP contribution in [0.15, 0.2) is 5.16 Å². The molecule has 0 atom stereocenters. The van der Waals surface area contributed by atoms with Crippen LogP contribution in [-0.2, 0) is 4.79 Å². The number of nitrogens with one attached hydrogen (secondary N) is 1. The number of amides is 1. The summed E-state index contributed by atoms with van der Waals surface area (Å²) in [6.45, 7) is 2.04. The highest BCUT2D eigenvalue weighted by atomic mass is 16.4. The number of unbranched alkanes of at least 4 members (excludes halogenated alkanes) is 2. The van der Waals surface area contributed by atoms with Crippen molar-refractivity contribution in [3.05, 3.63) is 0 Å². The molecule has 63 valence electrons. The summed E-state index contributed by atoms with van der Waals surface area (Å²) in [6, 6.07) is 0. The first kappa shape index (κ1) is 9.94. The van der Waals surface area contributed by atoms with Gasteiger partial charge in [0.1, 0.15) is 5.71 Å². The molecule has 0 heterocycles. The zero-order valence-corrected chi connectivity index (χ0v) is 6.63. The van der Waals surface area contributed by atoms with E-state index < -0.39 is 5.91 Å². The lowest BCUT2D eigenvalue weighted by Crippen LogP contribution is -2.14. The first-order valence-electron chi connectivity index (χ1n) is 3.69. The highest BCUT2D eigenvalue weighted by Crippen LogP contribution is 2.00. The molecule has 11 heavy (non-hydrogen) atoms. The lowest BCUT2D eigenvalue weighted by molar-refractivity contribution is -0.112. The number of hydrogen-bond donors (Lipinski definition) is 1. The Morgan fingerprint density at radius 3 is 2.55 bits per heavy atom. The van der Waals surface area contributed by atoms with Gasteiger partial charge in [0.15, 0.2) is 0 Å². The third-order valence-electron chi connectivity index (χ3n) is 1.40. The fourth-order valence-corrected chi connectivity index (χ4v) is 0.751. The van der Waals surface area contributed by atoms with Crippen LogP contribution in [-0.4, -0.2) is 16.8 Å². The summed E-state index contributed by atoms with van der Waals surface area (Å²) in [6.07, 6.45) is 3.25. The first-order chi connectivity index (χ1) is 5.22. The van der Waals surface area contributed by atoms with E-state index in [-0.39, 0.29) is 5.71 Å². The van der Waals surface area contributed by atoms with Crippen molar-refractivity contribution >= 4 is 11.6 Å². The number of oxime groups is 1. The van der Waals surface area contributed by atoms with Gasteiger partial charge in [-0.05, 0) is 12.8 Å². The lowest BCUT2D eigenvalue weighted by Gasteiger charge is -1.96. The van der Waals surface area contributed by atoms with Gasteiger partial charge in [-0.25, -0.2) is 0 Å². The first-order valence-corrected chi connectivity index (χ1v) is 3.69. The van der Waals surface area contributed by atoms with Crippen molar-refractivity contribution in [1.82, 2.24) is 5.73 Å². The second-order valence-electron chi connectivity index (χ2n) is 2.33. The van der Waals surface area contributed by atoms with Gasteiger partial charge in [-0.15, -0.1) is 0 Å². The molecule has 4 heteroatoms. The molecule has 0 unspecified atom stereocenters. The summed E-state index contributed by atoms with van der Waals surface area (Å²) in [7, 11) is 0. The predicted molar refractivity (Wildman–Crippen MR) is 41.5 cm³/mol. The van der Waals surface area contributed by atoms with Crippen LogP contribution in [0, 0.1) is 0 Å². The molecule has 0 aromatic rings. The minimum atomic E-state index is -0.886. The second-order valence-corrected chi connectivity index (χ2v) is 2.33. The van der Waals surface area contributed by atoms with Crippen LogP contribution in [0.3, 0.4) is 0 Å². The fraction of sp³-hybridized carbons (Fsp3) is 0.714. The van der Waals surface area contributed by atoms with Crippen molar-refractivity contribution in [3.8, 4) is 0 Å². The second kappa shape index (κ2) is 5.70. The molecule has 2 N–H and O–H groups in total. The van der Waals surface area contributed by atoms with Gasteiger partial charge in [-0.2, -0.15) is 0 Å². The third kappa shape index (κ3) is 4.36. The quantitative estimate of drug-likeness (QED) is 0.282. The van der Waals surface area contributed by atoms with Crippen LogP contribution in [0.5, 0.6) is 0 Å². The van der Waals surface area contributed by atoms with E-state index in [4.69, 9.17) is 10.9 Å². The highest BCUT2D eigenvalue weighted by molar-refractivity contribution is 6.37. The average molecular weight is 157 g/mol. The molecule has 0 spiro atoms. The van der Waals surface area contributed by atoms with E-state index in [1.807, 2.05) is 6.92 Å². The Kier molecular flexibility index (Phi) is 5.15. The van der Waals surface area contributed by atoms with Gasteiger partial charge >= 0.3 is 0 Å². The van der Waals surface area contributed by atoms with Gasteiger partial charge in [0.2, 0.25) is 0 Å². The van der Waals surface area contributed by atoms with Crippen molar-refractivity contribution in [1.29, 1.82) is 0 Å². The third-order valence-corrected chi connectivity index (χ3v) is 1.40. The van der Waals surface area contributed by atoms with Gasteiger partial charge in [-0.3, -0.25) is 10.5 Å². The SMILES string of the molecule is CCCCC/C(=N/O)C([NH])=O. The Hall–Kier alpha value is -1.06. The molecule has 0 aromatic carbocycles.